The second-order valence-electron chi connectivity index (χ2n) is 7.72. The van der Waals surface area contributed by atoms with Crippen LogP contribution >= 0.6 is 0 Å². The van der Waals surface area contributed by atoms with Gasteiger partial charge >= 0.3 is 0 Å². The Labute approximate surface area is 200 Å². The summed E-state index contributed by atoms with van der Waals surface area (Å²) in [6.07, 6.45) is 1.45. The molecule has 0 saturated carbocycles. The van der Waals surface area contributed by atoms with Crippen LogP contribution in [0.3, 0.4) is 0 Å². The molecule has 1 heterocycles. The second-order valence-corrected chi connectivity index (χ2v) is 7.72. The number of hydrazone groups is 1. The first kappa shape index (κ1) is 21.7. The number of nitrogens with one attached hydrogen (secondary N) is 1. The number of hydrogen-bond donors (Lipinski definition) is 2. The van der Waals surface area contributed by atoms with Crippen LogP contribution in [0, 0.1) is 10.1 Å². The van der Waals surface area contributed by atoms with Crippen molar-refractivity contribution in [3.05, 3.63) is 113 Å². The van der Waals surface area contributed by atoms with E-state index >= 15 is 0 Å². The van der Waals surface area contributed by atoms with Crippen molar-refractivity contribution in [3.63, 3.8) is 0 Å². The Hall–Kier alpha value is -5.11. The number of aromatic nitrogens is 2. The molecule has 5 rings (SSSR count). The van der Waals surface area contributed by atoms with Gasteiger partial charge < -0.3 is 5.11 Å². The summed E-state index contributed by atoms with van der Waals surface area (Å²) in [5.74, 6) is 0.289. The molecule has 0 aliphatic rings. The van der Waals surface area contributed by atoms with E-state index in [1.54, 1.807) is 12.1 Å². The molecular weight excluding hydrogens is 442 g/mol. The highest BCUT2D eigenvalue weighted by atomic mass is 16.6. The first-order chi connectivity index (χ1) is 17.1. The lowest BCUT2D eigenvalue weighted by Gasteiger charge is -2.09. The van der Waals surface area contributed by atoms with Crippen LogP contribution in [0.4, 0.5) is 11.6 Å². The molecule has 0 fully saturated rings. The van der Waals surface area contributed by atoms with E-state index in [1.807, 2.05) is 66.7 Å². The van der Waals surface area contributed by atoms with Crippen LogP contribution in [0.15, 0.2) is 102 Å². The number of rotatable bonds is 6. The highest BCUT2D eigenvalue weighted by molar-refractivity contribution is 6.03. The monoisotopic (exact) mass is 461 g/mol. The van der Waals surface area contributed by atoms with Gasteiger partial charge in [-0.15, -0.1) is 0 Å². The predicted molar refractivity (Wildman–Crippen MR) is 136 cm³/mol. The largest absolute Gasteiger partial charge is 0.507 e. The highest BCUT2D eigenvalue weighted by Gasteiger charge is 2.11. The quantitative estimate of drug-likeness (QED) is 0.181. The maximum absolute atomic E-state index is 11.1. The van der Waals surface area contributed by atoms with Crippen LogP contribution in [-0.4, -0.2) is 26.2 Å². The molecule has 0 spiro atoms. The smallest absolute Gasteiger partial charge is 0.270 e. The third kappa shape index (κ3) is 4.67. The highest BCUT2D eigenvalue weighted by Crippen LogP contribution is 2.29. The van der Waals surface area contributed by atoms with Crippen LogP contribution in [0.25, 0.3) is 33.3 Å². The average Bonchev–Trinajstić information content (AvgIpc) is 2.90. The fourth-order valence-electron chi connectivity index (χ4n) is 3.74. The molecule has 5 aromatic rings. The van der Waals surface area contributed by atoms with Crippen molar-refractivity contribution in [2.45, 2.75) is 0 Å². The van der Waals surface area contributed by atoms with Gasteiger partial charge in [-0.25, -0.2) is 15.4 Å². The van der Waals surface area contributed by atoms with Crippen LogP contribution in [0.1, 0.15) is 5.56 Å². The number of aromatic hydroxyl groups is 1. The van der Waals surface area contributed by atoms with E-state index in [2.05, 4.69) is 20.5 Å². The molecule has 0 radical (unpaired) electrons. The summed E-state index contributed by atoms with van der Waals surface area (Å²) < 4.78 is 0. The zero-order valence-corrected chi connectivity index (χ0v) is 18.4. The summed E-state index contributed by atoms with van der Waals surface area (Å²) in [7, 11) is 0. The lowest BCUT2D eigenvalue weighted by Crippen LogP contribution is -2.00. The van der Waals surface area contributed by atoms with Crippen LogP contribution in [0.2, 0.25) is 0 Å². The summed E-state index contributed by atoms with van der Waals surface area (Å²) in [4.78, 5) is 19.8. The van der Waals surface area contributed by atoms with Gasteiger partial charge in [-0.1, -0.05) is 66.7 Å². The molecule has 8 nitrogen and oxygen atoms in total. The minimum absolute atomic E-state index is 0.000771. The van der Waals surface area contributed by atoms with Gasteiger partial charge in [0.25, 0.3) is 5.69 Å². The van der Waals surface area contributed by atoms with Gasteiger partial charge in [0, 0.05) is 28.8 Å². The third-order valence-electron chi connectivity index (χ3n) is 5.46. The van der Waals surface area contributed by atoms with Crippen molar-refractivity contribution >= 4 is 28.6 Å². The van der Waals surface area contributed by atoms with E-state index in [-0.39, 0.29) is 17.4 Å². The number of phenolic OH excluding ortho intramolecular Hbond substituents is 1. The molecule has 2 N–H and O–H groups in total. The van der Waals surface area contributed by atoms with Gasteiger partial charge in [0.15, 0.2) is 0 Å². The molecule has 170 valence electrons. The Morgan fingerprint density at radius 1 is 0.829 bits per heavy atom. The van der Waals surface area contributed by atoms with Crippen LogP contribution in [-0.2, 0) is 0 Å². The third-order valence-corrected chi connectivity index (χ3v) is 5.46. The number of nitro benzene ring substituents is 1. The van der Waals surface area contributed by atoms with Gasteiger partial charge in [0.2, 0.25) is 5.95 Å². The van der Waals surface area contributed by atoms with Gasteiger partial charge in [-0.05, 0) is 29.0 Å². The Balaban J connectivity index is 1.51. The number of anilines is 1. The Morgan fingerprint density at radius 3 is 2.06 bits per heavy atom. The van der Waals surface area contributed by atoms with Crippen molar-refractivity contribution in [3.8, 4) is 28.3 Å². The summed E-state index contributed by atoms with van der Waals surface area (Å²) in [5.41, 5.74) is 6.60. The van der Waals surface area contributed by atoms with Crippen molar-refractivity contribution < 1.29 is 10.0 Å². The minimum atomic E-state index is -0.455. The van der Waals surface area contributed by atoms with E-state index in [0.29, 0.717) is 16.3 Å². The lowest BCUT2D eigenvalue weighted by atomic mass is 10.0. The number of phenols is 1. The minimum Gasteiger partial charge on any atom is -0.507 e. The lowest BCUT2D eigenvalue weighted by molar-refractivity contribution is -0.384. The molecule has 0 atom stereocenters. The zero-order chi connectivity index (χ0) is 24.2. The fourth-order valence-corrected chi connectivity index (χ4v) is 3.74. The number of non-ortho nitro benzene ring substituents is 1. The van der Waals surface area contributed by atoms with E-state index in [9.17, 15) is 15.2 Å². The first-order valence-corrected chi connectivity index (χ1v) is 10.8. The second kappa shape index (κ2) is 9.40. The predicted octanol–water partition coefficient (Wildman–Crippen LogP) is 6.02. The van der Waals surface area contributed by atoms with Gasteiger partial charge in [0.1, 0.15) is 5.75 Å². The van der Waals surface area contributed by atoms with Crippen molar-refractivity contribution in [1.29, 1.82) is 0 Å². The number of benzene rings is 4. The molecule has 8 heteroatoms. The molecule has 4 aromatic carbocycles. The van der Waals surface area contributed by atoms with Gasteiger partial charge in [-0.2, -0.15) is 5.10 Å². The zero-order valence-electron chi connectivity index (χ0n) is 18.4. The molecule has 0 amide bonds. The number of nitro groups is 1. The van der Waals surface area contributed by atoms with Crippen molar-refractivity contribution in [2.24, 2.45) is 5.10 Å². The summed E-state index contributed by atoms with van der Waals surface area (Å²) in [6, 6.07) is 29.0. The van der Waals surface area contributed by atoms with Gasteiger partial charge in [-0.3, -0.25) is 10.1 Å². The number of nitrogens with zero attached hydrogens (tertiary/aromatic N) is 4. The summed E-state index contributed by atoms with van der Waals surface area (Å²) in [6.45, 7) is 0. The molecular formula is C27H19N5O3. The summed E-state index contributed by atoms with van der Waals surface area (Å²) in [5, 5.41) is 27.0. The molecule has 35 heavy (non-hydrogen) atoms. The molecule has 0 unspecified atom stereocenters. The molecule has 0 bridgehead atoms. The summed E-state index contributed by atoms with van der Waals surface area (Å²) >= 11 is 0. The number of hydrogen-bond acceptors (Lipinski definition) is 7. The van der Waals surface area contributed by atoms with E-state index in [0.717, 1.165) is 22.5 Å². The van der Waals surface area contributed by atoms with Crippen LogP contribution in [0.5, 0.6) is 5.75 Å². The maximum atomic E-state index is 11.1. The SMILES string of the molecule is O=[N+]([O-])c1ccc2c(/C=N/Nc3nc(-c4ccccc4)cc(-c4ccccc4)n3)c(O)ccc2c1. The number of fused-ring (bicyclic) bond motifs is 1. The molecule has 0 aliphatic carbocycles. The Kier molecular flexibility index (Phi) is 5.83. The van der Waals surface area contributed by atoms with Crippen molar-refractivity contribution in [1.82, 2.24) is 9.97 Å². The Morgan fingerprint density at radius 2 is 1.46 bits per heavy atom. The van der Waals surface area contributed by atoms with E-state index in [4.69, 9.17) is 0 Å². The normalized spacial score (nSPS) is 11.1. The van der Waals surface area contributed by atoms with Crippen molar-refractivity contribution in [2.75, 3.05) is 5.43 Å². The Bertz CT molecular complexity index is 1500. The molecule has 0 aliphatic heterocycles. The van der Waals surface area contributed by atoms with E-state index < -0.39 is 4.92 Å². The fraction of sp³-hybridized carbons (Fsp3) is 0. The standard InChI is InChI=1S/C27H19N5O3/c33-26-14-11-20-15-21(32(34)35)12-13-22(20)23(26)17-28-31-27-29-24(18-7-3-1-4-8-18)16-25(30-27)19-9-5-2-6-10-19/h1-17,33H,(H,29,30,31)/b28-17+. The molecule has 1 aromatic heterocycles. The van der Waals surface area contributed by atoms with E-state index in [1.165, 1.54) is 24.4 Å². The average molecular weight is 461 g/mol. The molecule has 0 saturated heterocycles. The topological polar surface area (TPSA) is 114 Å². The van der Waals surface area contributed by atoms with Crippen LogP contribution < -0.4 is 5.43 Å². The van der Waals surface area contributed by atoms with Gasteiger partial charge in [0.05, 0.1) is 22.5 Å². The maximum Gasteiger partial charge on any atom is 0.270 e. The first-order valence-electron chi connectivity index (χ1n) is 10.8.